The van der Waals surface area contributed by atoms with Crippen LogP contribution in [-0.2, 0) is 14.4 Å². The standard InChI is InChI=1S/C22H15FN2O4/c23-16-4-1-14(2-5-16)22(29)25-18-8-6-17(7-9-18)24-21(28)12-3-15-13-19(26)10-11-20(15)27/h1-13H,(H,24,28)(H,25,29)/b12-3+. The third-order valence-electron chi connectivity index (χ3n) is 3.91. The van der Waals surface area contributed by atoms with E-state index < -0.39 is 17.6 Å². The Morgan fingerprint density at radius 3 is 2.10 bits per heavy atom. The third kappa shape index (κ3) is 5.43. The van der Waals surface area contributed by atoms with E-state index in [0.717, 1.165) is 24.3 Å². The number of benzene rings is 2. The van der Waals surface area contributed by atoms with Crippen molar-refractivity contribution in [3.63, 3.8) is 0 Å². The fraction of sp³-hybridized carbons (Fsp3) is 0. The molecular weight excluding hydrogens is 375 g/mol. The Bertz CT molecular complexity index is 1060. The average molecular weight is 390 g/mol. The van der Waals surface area contributed by atoms with Gasteiger partial charge in [-0.15, -0.1) is 0 Å². The lowest BCUT2D eigenvalue weighted by Gasteiger charge is -2.07. The number of allylic oxidation sites excluding steroid dienone is 5. The zero-order valence-electron chi connectivity index (χ0n) is 15.0. The Kier molecular flexibility index (Phi) is 5.89. The molecule has 6 nitrogen and oxygen atoms in total. The topological polar surface area (TPSA) is 92.3 Å². The number of carbonyl (C=O) groups is 4. The van der Waals surface area contributed by atoms with E-state index >= 15 is 0 Å². The van der Waals surface area contributed by atoms with Gasteiger partial charge in [-0.05, 0) is 72.8 Å². The van der Waals surface area contributed by atoms with Crippen LogP contribution in [0, 0.1) is 5.82 Å². The van der Waals surface area contributed by atoms with E-state index in [2.05, 4.69) is 10.6 Å². The van der Waals surface area contributed by atoms with Crippen LogP contribution in [0.5, 0.6) is 0 Å². The van der Waals surface area contributed by atoms with Crippen molar-refractivity contribution in [2.75, 3.05) is 10.6 Å². The minimum Gasteiger partial charge on any atom is -0.323 e. The second-order valence-corrected chi connectivity index (χ2v) is 6.06. The number of ketones is 2. The molecule has 0 unspecified atom stereocenters. The van der Waals surface area contributed by atoms with Crippen LogP contribution < -0.4 is 10.6 Å². The summed E-state index contributed by atoms with van der Waals surface area (Å²) in [7, 11) is 0. The predicted molar refractivity (Wildman–Crippen MR) is 106 cm³/mol. The van der Waals surface area contributed by atoms with E-state index in [9.17, 15) is 23.6 Å². The molecule has 2 aromatic rings. The van der Waals surface area contributed by atoms with Gasteiger partial charge in [0.05, 0.1) is 0 Å². The summed E-state index contributed by atoms with van der Waals surface area (Å²) < 4.78 is 12.9. The monoisotopic (exact) mass is 390 g/mol. The zero-order valence-corrected chi connectivity index (χ0v) is 15.0. The largest absolute Gasteiger partial charge is 0.323 e. The van der Waals surface area contributed by atoms with Gasteiger partial charge in [0.1, 0.15) is 5.82 Å². The van der Waals surface area contributed by atoms with Crippen molar-refractivity contribution in [1.29, 1.82) is 0 Å². The molecule has 2 N–H and O–H groups in total. The first kappa shape index (κ1) is 19.6. The van der Waals surface area contributed by atoms with Crippen molar-refractivity contribution in [3.05, 3.63) is 95.9 Å². The molecule has 0 atom stereocenters. The second kappa shape index (κ2) is 8.71. The molecular formula is C22H15FN2O4. The number of amides is 2. The summed E-state index contributed by atoms with van der Waals surface area (Å²) in [6, 6.07) is 11.5. The molecule has 0 fully saturated rings. The first-order valence-electron chi connectivity index (χ1n) is 8.55. The molecule has 2 amide bonds. The Morgan fingerprint density at radius 2 is 1.45 bits per heavy atom. The zero-order chi connectivity index (χ0) is 20.8. The highest BCUT2D eigenvalue weighted by molar-refractivity contribution is 6.19. The fourth-order valence-corrected chi connectivity index (χ4v) is 2.45. The molecule has 7 heteroatoms. The predicted octanol–water partition coefficient (Wildman–Crippen LogP) is 3.21. The van der Waals surface area contributed by atoms with E-state index in [0.29, 0.717) is 16.9 Å². The molecule has 0 spiro atoms. The Hall–Kier alpha value is -4.13. The van der Waals surface area contributed by atoms with E-state index in [1.165, 1.54) is 30.3 Å². The van der Waals surface area contributed by atoms with Gasteiger partial charge in [0.2, 0.25) is 5.91 Å². The molecule has 1 aliphatic carbocycles. The van der Waals surface area contributed by atoms with Gasteiger partial charge in [0.15, 0.2) is 11.6 Å². The van der Waals surface area contributed by atoms with Crippen molar-refractivity contribution in [2.45, 2.75) is 0 Å². The molecule has 0 heterocycles. The Morgan fingerprint density at radius 1 is 0.828 bits per heavy atom. The second-order valence-electron chi connectivity index (χ2n) is 6.06. The highest BCUT2D eigenvalue weighted by Gasteiger charge is 2.11. The van der Waals surface area contributed by atoms with Crippen LogP contribution in [0.3, 0.4) is 0 Å². The summed E-state index contributed by atoms with van der Waals surface area (Å²) in [5.41, 5.74) is 1.41. The molecule has 3 rings (SSSR count). The average Bonchev–Trinajstić information content (AvgIpc) is 2.70. The van der Waals surface area contributed by atoms with Gasteiger partial charge in [-0.25, -0.2) is 4.39 Å². The number of nitrogens with one attached hydrogen (secondary N) is 2. The maximum absolute atomic E-state index is 12.9. The van der Waals surface area contributed by atoms with E-state index in [4.69, 9.17) is 0 Å². The summed E-state index contributed by atoms with van der Waals surface area (Å²) in [5.74, 6) is -1.97. The van der Waals surface area contributed by atoms with Gasteiger partial charge in [-0.2, -0.15) is 0 Å². The van der Waals surface area contributed by atoms with Crippen molar-refractivity contribution < 1.29 is 23.6 Å². The molecule has 0 saturated heterocycles. The van der Waals surface area contributed by atoms with Crippen LogP contribution in [0.25, 0.3) is 0 Å². The fourth-order valence-electron chi connectivity index (χ4n) is 2.45. The molecule has 0 saturated carbocycles. The number of anilines is 2. The van der Waals surface area contributed by atoms with E-state index in [-0.39, 0.29) is 17.1 Å². The highest BCUT2D eigenvalue weighted by Crippen LogP contribution is 2.15. The van der Waals surface area contributed by atoms with Crippen LogP contribution in [0.2, 0.25) is 0 Å². The van der Waals surface area contributed by atoms with Gasteiger partial charge in [-0.1, -0.05) is 0 Å². The van der Waals surface area contributed by atoms with Gasteiger partial charge in [-0.3, -0.25) is 19.2 Å². The Balaban J connectivity index is 1.57. The molecule has 1 aliphatic rings. The summed E-state index contributed by atoms with van der Waals surface area (Å²) >= 11 is 0. The molecule has 29 heavy (non-hydrogen) atoms. The lowest BCUT2D eigenvalue weighted by Crippen LogP contribution is -2.12. The summed E-state index contributed by atoms with van der Waals surface area (Å²) in [4.78, 5) is 47.0. The highest BCUT2D eigenvalue weighted by atomic mass is 19.1. The number of halogens is 1. The quantitative estimate of drug-likeness (QED) is 0.606. The lowest BCUT2D eigenvalue weighted by atomic mass is 10.0. The SMILES string of the molecule is O=C1C=CC(=O)C(/C=C/C(=O)Nc2ccc(NC(=O)c3ccc(F)cc3)cc2)=C1. The van der Waals surface area contributed by atoms with Crippen molar-refractivity contribution in [2.24, 2.45) is 0 Å². The molecule has 0 aromatic heterocycles. The van der Waals surface area contributed by atoms with Crippen molar-refractivity contribution >= 4 is 34.8 Å². The lowest BCUT2D eigenvalue weighted by molar-refractivity contribution is -0.114. The first-order chi connectivity index (χ1) is 13.9. The molecule has 0 radical (unpaired) electrons. The van der Waals surface area contributed by atoms with Gasteiger partial charge < -0.3 is 10.6 Å². The molecule has 2 aromatic carbocycles. The van der Waals surface area contributed by atoms with Crippen LogP contribution in [0.15, 0.2) is 84.5 Å². The van der Waals surface area contributed by atoms with Gasteiger partial charge in [0.25, 0.3) is 5.91 Å². The summed E-state index contributed by atoms with van der Waals surface area (Å²) in [6.07, 6.45) is 5.90. The molecule has 144 valence electrons. The minimum absolute atomic E-state index is 0.131. The van der Waals surface area contributed by atoms with E-state index in [1.54, 1.807) is 24.3 Å². The summed E-state index contributed by atoms with van der Waals surface area (Å²) in [6.45, 7) is 0. The number of rotatable bonds is 5. The van der Waals surface area contributed by atoms with Crippen molar-refractivity contribution in [1.82, 2.24) is 0 Å². The molecule has 0 aliphatic heterocycles. The van der Waals surface area contributed by atoms with Crippen molar-refractivity contribution in [3.8, 4) is 0 Å². The normalized spacial score (nSPS) is 13.3. The maximum Gasteiger partial charge on any atom is 0.255 e. The smallest absolute Gasteiger partial charge is 0.255 e. The van der Waals surface area contributed by atoms with Crippen LogP contribution in [-0.4, -0.2) is 23.4 Å². The molecule has 0 bridgehead atoms. The summed E-state index contributed by atoms with van der Waals surface area (Å²) in [5, 5.41) is 5.27. The third-order valence-corrected chi connectivity index (χ3v) is 3.91. The Labute approximate surface area is 165 Å². The number of hydrogen-bond acceptors (Lipinski definition) is 4. The van der Waals surface area contributed by atoms with Crippen LogP contribution in [0.1, 0.15) is 10.4 Å². The van der Waals surface area contributed by atoms with Gasteiger partial charge >= 0.3 is 0 Å². The van der Waals surface area contributed by atoms with Crippen LogP contribution in [0.4, 0.5) is 15.8 Å². The van der Waals surface area contributed by atoms with Gasteiger partial charge in [0, 0.05) is 28.6 Å². The first-order valence-corrected chi connectivity index (χ1v) is 8.55. The van der Waals surface area contributed by atoms with E-state index in [1.807, 2.05) is 0 Å². The number of hydrogen-bond donors (Lipinski definition) is 2. The number of carbonyl (C=O) groups excluding carboxylic acids is 4. The maximum atomic E-state index is 12.9. The minimum atomic E-state index is -0.483. The van der Waals surface area contributed by atoms with Crippen LogP contribution >= 0.6 is 0 Å².